The summed E-state index contributed by atoms with van der Waals surface area (Å²) in [6.45, 7) is 6.73. The van der Waals surface area contributed by atoms with Crippen molar-refractivity contribution in [2.24, 2.45) is 0 Å². The van der Waals surface area contributed by atoms with Gasteiger partial charge in [-0.05, 0) is 72.5 Å². The number of ether oxygens (including phenoxy) is 2. The lowest BCUT2D eigenvalue weighted by molar-refractivity contribution is -0.136. The summed E-state index contributed by atoms with van der Waals surface area (Å²) in [5.74, 6) is 0.334. The summed E-state index contributed by atoms with van der Waals surface area (Å²) in [5.41, 5.74) is 4.20. The Kier molecular flexibility index (Phi) is 8.76. The van der Waals surface area contributed by atoms with Crippen LogP contribution in [0.4, 0.5) is 11.6 Å². The van der Waals surface area contributed by atoms with Crippen LogP contribution in [0.3, 0.4) is 0 Å². The number of piperazine rings is 1. The van der Waals surface area contributed by atoms with Crippen LogP contribution >= 0.6 is 0 Å². The van der Waals surface area contributed by atoms with Gasteiger partial charge < -0.3 is 25.0 Å². The largest absolute Gasteiger partial charge is 0.490 e. The number of carbonyl (C=O) groups excluding carboxylic acids is 4. The maximum atomic E-state index is 13.2. The number of carbonyl (C=O) groups is 4. The first-order chi connectivity index (χ1) is 26.6. The molecule has 4 fully saturated rings. The molecule has 2 bridgehead atoms. The van der Waals surface area contributed by atoms with E-state index in [9.17, 15) is 19.2 Å². The van der Waals surface area contributed by atoms with Crippen LogP contribution in [0.5, 0.6) is 11.5 Å². The van der Waals surface area contributed by atoms with Crippen molar-refractivity contribution in [3.05, 3.63) is 107 Å². The smallest absolute Gasteiger partial charge is 0.262 e. The van der Waals surface area contributed by atoms with E-state index < -0.39 is 29.7 Å². The first-order valence-electron chi connectivity index (χ1n) is 19.0. The van der Waals surface area contributed by atoms with Gasteiger partial charge in [-0.25, -0.2) is 9.97 Å². The van der Waals surface area contributed by atoms with E-state index in [-0.39, 0.29) is 41.5 Å². The highest BCUT2D eigenvalue weighted by Crippen LogP contribution is 2.36. The first kappa shape index (κ1) is 34.9. The van der Waals surface area contributed by atoms with Gasteiger partial charge in [0, 0.05) is 67.8 Å². The Hall–Kier alpha value is -5.82. The second-order valence-corrected chi connectivity index (χ2v) is 15.7. The molecule has 13 nitrogen and oxygen atoms in total. The van der Waals surface area contributed by atoms with Crippen LogP contribution in [-0.4, -0.2) is 81.9 Å². The quantitative estimate of drug-likeness (QED) is 0.188. The fourth-order valence-electron chi connectivity index (χ4n) is 8.42. The predicted octanol–water partition coefficient (Wildman–Crippen LogP) is 4.36. The van der Waals surface area contributed by atoms with Crippen molar-refractivity contribution in [3.63, 3.8) is 0 Å². The van der Waals surface area contributed by atoms with Gasteiger partial charge in [0.2, 0.25) is 17.8 Å². The van der Waals surface area contributed by atoms with Crippen LogP contribution in [0, 0.1) is 0 Å². The van der Waals surface area contributed by atoms with Gasteiger partial charge in [-0.1, -0.05) is 38.1 Å². The summed E-state index contributed by atoms with van der Waals surface area (Å²) in [5, 5.41) is 9.20. The molecule has 1 unspecified atom stereocenters. The molecule has 0 spiro atoms. The highest BCUT2D eigenvalue weighted by molar-refractivity contribution is 6.23. The maximum Gasteiger partial charge on any atom is 0.262 e. The summed E-state index contributed by atoms with van der Waals surface area (Å²) in [4.78, 5) is 62.8. The summed E-state index contributed by atoms with van der Waals surface area (Å²) >= 11 is 0. The van der Waals surface area contributed by atoms with Crippen molar-refractivity contribution in [1.29, 1.82) is 0 Å². The van der Waals surface area contributed by atoms with E-state index in [1.54, 1.807) is 18.2 Å². The second kappa shape index (κ2) is 13.8. The summed E-state index contributed by atoms with van der Waals surface area (Å²) < 4.78 is 12.4. The Labute approximate surface area is 318 Å². The topological polar surface area (TPSA) is 155 Å². The molecule has 4 aromatic rings. The molecular weight excluding hydrogens is 699 g/mol. The van der Waals surface area contributed by atoms with Crippen molar-refractivity contribution in [3.8, 4) is 11.5 Å². The fraction of sp³-hybridized carbons (Fsp3) is 0.381. The molecule has 282 valence electrons. The van der Waals surface area contributed by atoms with Crippen molar-refractivity contribution < 1.29 is 28.7 Å². The third-order valence-electron chi connectivity index (χ3n) is 11.8. The van der Waals surface area contributed by atoms with E-state index in [4.69, 9.17) is 14.5 Å². The Morgan fingerprint density at radius 1 is 0.873 bits per heavy atom. The number of amides is 4. The number of rotatable bonds is 11. The normalized spacial score (nSPS) is 24.4. The van der Waals surface area contributed by atoms with E-state index in [0.29, 0.717) is 18.7 Å². The van der Waals surface area contributed by atoms with Crippen LogP contribution in [0.2, 0.25) is 0 Å². The van der Waals surface area contributed by atoms with Gasteiger partial charge in [0.05, 0.1) is 16.8 Å². The fourth-order valence-corrected chi connectivity index (χ4v) is 8.42. The van der Waals surface area contributed by atoms with Crippen molar-refractivity contribution >= 4 is 35.3 Å². The monoisotopic (exact) mass is 741 g/mol. The number of imide groups is 2. The highest BCUT2D eigenvalue weighted by atomic mass is 16.5. The van der Waals surface area contributed by atoms with E-state index in [0.717, 1.165) is 66.1 Å². The second-order valence-electron chi connectivity index (χ2n) is 15.7. The average Bonchev–Trinajstić information content (AvgIpc) is 3.88. The standard InChI is InChI=1S/C42H43N7O6/c1-42(2,24-3-8-31(9-4-24)54-23-27-15-16-43-41(46-27)48-22-29-17-30(48)21-44-29)25-5-10-32(11-6-25)55-33-18-28(19-33)45-26-7-12-34-35(20-26)40(53)49(39(34)52)36-13-14-37(50)47-38(36)51/h3-12,15-16,20,28-30,33,36,44-45H,13-14,17-19,21-23H2,1-2H3,(H,47,50,51)/t28?,29-,30-,33?,36?/m0/s1. The maximum absolute atomic E-state index is 13.2. The van der Waals surface area contributed by atoms with Crippen LogP contribution in [0.15, 0.2) is 79.0 Å². The molecule has 5 heterocycles. The zero-order valence-electron chi connectivity index (χ0n) is 30.8. The molecule has 1 aromatic heterocycles. The number of benzene rings is 3. The van der Waals surface area contributed by atoms with Gasteiger partial charge in [0.15, 0.2) is 0 Å². The molecule has 13 heteroatoms. The molecule has 3 saturated heterocycles. The predicted molar refractivity (Wildman–Crippen MR) is 203 cm³/mol. The van der Waals surface area contributed by atoms with Crippen molar-refractivity contribution in [2.45, 2.75) is 88.2 Å². The number of anilines is 2. The Balaban J connectivity index is 0.755. The van der Waals surface area contributed by atoms with E-state index >= 15 is 0 Å². The van der Waals surface area contributed by atoms with Gasteiger partial charge in [0.25, 0.3) is 11.8 Å². The summed E-state index contributed by atoms with van der Waals surface area (Å²) in [6, 6.07) is 23.7. The molecule has 3 N–H and O–H groups in total. The average molecular weight is 742 g/mol. The Bertz CT molecular complexity index is 2170. The van der Waals surface area contributed by atoms with Gasteiger partial charge in [-0.15, -0.1) is 0 Å². The summed E-state index contributed by atoms with van der Waals surface area (Å²) in [7, 11) is 0. The van der Waals surface area contributed by atoms with Gasteiger partial charge in [-0.3, -0.25) is 29.4 Å². The SMILES string of the molecule is CC(C)(c1ccc(OCc2ccnc(N3C[C@@H]4C[C@H]3CN4)n2)cc1)c1ccc(OC2CC(Nc3ccc4c(c3)C(=O)N(C3CCC(=O)NC3=O)C4=O)C2)cc1. The van der Waals surface area contributed by atoms with Crippen molar-refractivity contribution in [2.75, 3.05) is 23.3 Å². The molecule has 0 radical (unpaired) electrons. The highest BCUT2D eigenvalue weighted by Gasteiger charge is 2.45. The summed E-state index contributed by atoms with van der Waals surface area (Å²) in [6.07, 6.45) is 4.79. The van der Waals surface area contributed by atoms with Crippen LogP contribution in [0.25, 0.3) is 0 Å². The number of nitrogens with zero attached hydrogens (tertiary/aromatic N) is 4. The molecule has 1 aliphatic carbocycles. The minimum absolute atomic E-state index is 0.0473. The molecule has 5 aliphatic rings. The minimum atomic E-state index is -0.984. The molecule has 9 rings (SSSR count). The lowest BCUT2D eigenvalue weighted by Crippen LogP contribution is -2.54. The molecule has 3 atom stereocenters. The molecular formula is C42H43N7O6. The molecule has 4 amide bonds. The minimum Gasteiger partial charge on any atom is -0.490 e. The third kappa shape index (κ3) is 6.66. The molecule has 1 saturated carbocycles. The number of hydrogen-bond acceptors (Lipinski definition) is 11. The number of piperidine rings is 1. The van der Waals surface area contributed by atoms with E-state index in [1.165, 1.54) is 11.1 Å². The zero-order valence-corrected chi connectivity index (χ0v) is 30.8. The van der Waals surface area contributed by atoms with Crippen LogP contribution < -0.4 is 30.3 Å². The van der Waals surface area contributed by atoms with Crippen LogP contribution in [0.1, 0.15) is 83.5 Å². The number of fused-ring (bicyclic) bond motifs is 3. The van der Waals surface area contributed by atoms with Crippen molar-refractivity contribution in [1.82, 2.24) is 25.5 Å². The third-order valence-corrected chi connectivity index (χ3v) is 11.8. The van der Waals surface area contributed by atoms with Crippen LogP contribution in [-0.2, 0) is 21.6 Å². The number of aromatic nitrogens is 2. The molecule has 3 aromatic carbocycles. The zero-order chi connectivity index (χ0) is 37.8. The Morgan fingerprint density at radius 3 is 2.29 bits per heavy atom. The lowest BCUT2D eigenvalue weighted by Gasteiger charge is -2.36. The van der Waals surface area contributed by atoms with Gasteiger partial charge in [-0.2, -0.15) is 0 Å². The molecule has 55 heavy (non-hydrogen) atoms. The van der Waals surface area contributed by atoms with E-state index in [1.807, 2.05) is 36.5 Å². The van der Waals surface area contributed by atoms with Gasteiger partial charge in [0.1, 0.15) is 30.3 Å². The molecule has 4 aliphatic heterocycles. The Morgan fingerprint density at radius 2 is 1.60 bits per heavy atom. The number of hydrogen-bond donors (Lipinski definition) is 3. The number of nitrogens with one attached hydrogen (secondary N) is 3. The first-order valence-corrected chi connectivity index (χ1v) is 19.0. The lowest BCUT2D eigenvalue weighted by atomic mass is 9.78. The van der Waals surface area contributed by atoms with Gasteiger partial charge >= 0.3 is 0 Å². The van der Waals surface area contributed by atoms with E-state index in [2.05, 4.69) is 63.9 Å².